The Morgan fingerprint density at radius 3 is 2.18 bits per heavy atom. The topological polar surface area (TPSA) is 73.8 Å². The molecule has 1 amide bonds. The number of nitrogens with zero attached hydrogens (tertiary/aromatic N) is 4. The number of amides is 1. The number of hydrogen-bond donors (Lipinski definition) is 0. The number of sulfonamides is 1. The van der Waals surface area contributed by atoms with Crippen molar-refractivity contribution >= 4 is 55.0 Å². The molecule has 3 aromatic rings. The van der Waals surface area contributed by atoms with E-state index in [-0.39, 0.29) is 23.2 Å². The molecule has 0 aliphatic carbocycles. The fraction of sp³-hybridized carbons (Fsp3) is 0.417. The monoisotopic (exact) mass is 524 g/mol. The van der Waals surface area contributed by atoms with Crippen LogP contribution in [0.5, 0.6) is 0 Å². The summed E-state index contributed by atoms with van der Waals surface area (Å²) >= 11 is 1.50. The van der Waals surface area contributed by atoms with Gasteiger partial charge in [-0.3, -0.25) is 9.69 Å². The lowest BCUT2D eigenvalue weighted by atomic mass is 10.1. The maximum atomic E-state index is 13.5. The molecular formula is C24H33ClN4O3S2. The lowest BCUT2D eigenvalue weighted by Crippen LogP contribution is -2.36. The van der Waals surface area contributed by atoms with Gasteiger partial charge in [0.2, 0.25) is 10.0 Å². The van der Waals surface area contributed by atoms with Crippen LogP contribution in [0.15, 0.2) is 41.3 Å². The van der Waals surface area contributed by atoms with E-state index in [9.17, 15) is 13.2 Å². The van der Waals surface area contributed by atoms with E-state index in [1.54, 1.807) is 17.0 Å². The van der Waals surface area contributed by atoms with E-state index in [1.165, 1.54) is 27.8 Å². The first kappa shape index (κ1) is 28.2. The van der Waals surface area contributed by atoms with Gasteiger partial charge in [0, 0.05) is 31.7 Å². The number of rotatable bonds is 9. The summed E-state index contributed by atoms with van der Waals surface area (Å²) in [6, 6.07) is 10.4. The van der Waals surface area contributed by atoms with Crippen molar-refractivity contribution in [3.05, 3.63) is 53.1 Å². The minimum Gasteiger partial charge on any atom is -0.308 e. The van der Waals surface area contributed by atoms with Crippen LogP contribution in [-0.4, -0.2) is 68.8 Å². The first-order valence-corrected chi connectivity index (χ1v) is 13.3. The number of benzene rings is 2. The van der Waals surface area contributed by atoms with E-state index in [1.807, 2.05) is 39.8 Å². The number of thiazole rings is 1. The van der Waals surface area contributed by atoms with Gasteiger partial charge in [-0.15, -0.1) is 12.4 Å². The van der Waals surface area contributed by atoms with Crippen molar-refractivity contribution in [2.45, 2.75) is 32.6 Å². The molecule has 2 aromatic carbocycles. The van der Waals surface area contributed by atoms with E-state index < -0.39 is 10.0 Å². The summed E-state index contributed by atoms with van der Waals surface area (Å²) in [7, 11) is 0.347. The molecule has 0 atom stereocenters. The number of carbonyl (C=O) groups excluding carboxylic acids is 1. The molecule has 7 nitrogen and oxygen atoms in total. The van der Waals surface area contributed by atoms with Crippen molar-refractivity contribution in [3.8, 4) is 0 Å². The normalized spacial score (nSPS) is 11.8. The van der Waals surface area contributed by atoms with Gasteiger partial charge in [-0.05, 0) is 69.4 Å². The molecule has 1 aromatic heterocycles. The molecule has 0 saturated heterocycles. The van der Waals surface area contributed by atoms with E-state index in [4.69, 9.17) is 4.98 Å². The van der Waals surface area contributed by atoms with Crippen LogP contribution in [0.1, 0.15) is 35.3 Å². The Bertz CT molecular complexity index is 1240. The Balaban J connectivity index is 0.00000408. The Morgan fingerprint density at radius 2 is 1.62 bits per heavy atom. The van der Waals surface area contributed by atoms with Gasteiger partial charge in [-0.1, -0.05) is 31.3 Å². The van der Waals surface area contributed by atoms with Crippen molar-refractivity contribution < 1.29 is 13.2 Å². The maximum absolute atomic E-state index is 13.5. The summed E-state index contributed by atoms with van der Waals surface area (Å²) in [5, 5.41) is 0.644. The first-order valence-electron chi connectivity index (χ1n) is 11.0. The zero-order chi connectivity index (χ0) is 24.3. The number of halogens is 1. The molecule has 0 aliphatic rings. The van der Waals surface area contributed by atoms with Gasteiger partial charge in [-0.25, -0.2) is 13.4 Å². The van der Waals surface area contributed by atoms with E-state index in [0.717, 1.165) is 21.3 Å². The second-order valence-corrected chi connectivity index (χ2v) is 11.2. The Hall–Kier alpha value is -2.04. The molecule has 0 unspecified atom stereocenters. The van der Waals surface area contributed by atoms with Gasteiger partial charge in [0.15, 0.2) is 5.13 Å². The number of fused-ring (bicyclic) bond motifs is 1. The smallest absolute Gasteiger partial charge is 0.260 e. The summed E-state index contributed by atoms with van der Waals surface area (Å²) in [4.78, 5) is 22.2. The molecule has 0 aliphatic heterocycles. The molecule has 0 N–H and O–H groups in total. The van der Waals surface area contributed by atoms with E-state index >= 15 is 0 Å². The number of anilines is 1. The third-order valence-electron chi connectivity index (χ3n) is 5.51. The predicted molar refractivity (Wildman–Crippen MR) is 143 cm³/mol. The largest absolute Gasteiger partial charge is 0.308 e. The van der Waals surface area contributed by atoms with Gasteiger partial charge in [0.05, 0.1) is 15.1 Å². The fourth-order valence-corrected chi connectivity index (χ4v) is 6.32. The average Bonchev–Trinajstić information content (AvgIpc) is 3.18. The van der Waals surface area contributed by atoms with Crippen molar-refractivity contribution in [1.29, 1.82) is 0 Å². The minimum absolute atomic E-state index is 0. The highest BCUT2D eigenvalue weighted by Crippen LogP contribution is 2.32. The molecule has 0 spiro atoms. The third-order valence-corrected chi connectivity index (χ3v) is 8.60. The molecule has 186 valence electrons. The Kier molecular flexibility index (Phi) is 9.62. The van der Waals surface area contributed by atoms with Crippen molar-refractivity contribution in [2.24, 2.45) is 0 Å². The van der Waals surface area contributed by atoms with Crippen LogP contribution in [0.2, 0.25) is 0 Å². The quantitative estimate of drug-likeness (QED) is 0.410. The van der Waals surface area contributed by atoms with Crippen LogP contribution < -0.4 is 4.90 Å². The highest BCUT2D eigenvalue weighted by molar-refractivity contribution is 7.89. The van der Waals surface area contributed by atoms with Gasteiger partial charge in [0.25, 0.3) is 5.91 Å². The van der Waals surface area contributed by atoms with Gasteiger partial charge in [-0.2, -0.15) is 4.31 Å². The van der Waals surface area contributed by atoms with E-state index in [0.29, 0.717) is 36.9 Å². The Morgan fingerprint density at radius 1 is 1.00 bits per heavy atom. The summed E-state index contributed by atoms with van der Waals surface area (Å²) in [5.74, 6) is -0.197. The molecule has 0 saturated carbocycles. The van der Waals surface area contributed by atoms with Crippen LogP contribution in [0.3, 0.4) is 0 Å². The summed E-state index contributed by atoms with van der Waals surface area (Å²) < 4.78 is 28.0. The number of carbonyl (C=O) groups is 1. The van der Waals surface area contributed by atoms with Crippen molar-refractivity contribution in [3.63, 3.8) is 0 Å². The molecule has 0 radical (unpaired) electrons. The van der Waals surface area contributed by atoms with Crippen LogP contribution >= 0.6 is 23.7 Å². The van der Waals surface area contributed by atoms with E-state index in [2.05, 4.69) is 19.1 Å². The van der Waals surface area contributed by atoms with Crippen molar-refractivity contribution in [2.75, 3.05) is 45.2 Å². The standard InChI is InChI=1S/C24H32N4O3S2.ClH/c1-7-27(8-2)33(30,31)20-11-9-19(10-12-20)23(29)28(14-13-26(5)6)24-25-22-18(4)15-17(3)16-21(22)32-24;/h9-12,15-16H,7-8,13-14H2,1-6H3;1H. The van der Waals surface area contributed by atoms with Crippen LogP contribution in [-0.2, 0) is 10.0 Å². The maximum Gasteiger partial charge on any atom is 0.260 e. The average molecular weight is 525 g/mol. The molecule has 0 bridgehead atoms. The number of likely N-dealkylation sites (N-methyl/N-ethyl adjacent to an activating group) is 1. The third kappa shape index (κ3) is 5.95. The highest BCUT2D eigenvalue weighted by atomic mass is 35.5. The van der Waals surface area contributed by atoms with Crippen LogP contribution in [0.25, 0.3) is 10.2 Å². The summed E-state index contributed by atoms with van der Waals surface area (Å²) in [6.07, 6.45) is 0. The van der Waals surface area contributed by atoms with Gasteiger partial charge < -0.3 is 4.90 Å². The minimum atomic E-state index is -3.57. The fourth-order valence-electron chi connectivity index (χ4n) is 3.70. The predicted octanol–water partition coefficient (Wildman–Crippen LogP) is 4.57. The number of aryl methyl sites for hydroxylation is 2. The summed E-state index contributed by atoms with van der Waals surface area (Å²) in [5.41, 5.74) is 3.58. The zero-order valence-corrected chi connectivity index (χ0v) is 23.0. The summed E-state index contributed by atoms with van der Waals surface area (Å²) in [6.45, 7) is 9.64. The number of aromatic nitrogens is 1. The molecule has 10 heteroatoms. The number of hydrogen-bond acceptors (Lipinski definition) is 6. The van der Waals surface area contributed by atoms with Crippen LogP contribution in [0, 0.1) is 13.8 Å². The lowest BCUT2D eigenvalue weighted by molar-refractivity contribution is 0.0985. The first-order chi connectivity index (χ1) is 15.6. The van der Waals surface area contributed by atoms with Crippen molar-refractivity contribution in [1.82, 2.24) is 14.2 Å². The molecular weight excluding hydrogens is 492 g/mol. The molecule has 3 rings (SSSR count). The Labute approximate surface area is 212 Å². The van der Waals surface area contributed by atoms with Gasteiger partial charge >= 0.3 is 0 Å². The second-order valence-electron chi connectivity index (χ2n) is 8.30. The molecule has 0 fully saturated rings. The van der Waals surface area contributed by atoms with Gasteiger partial charge in [0.1, 0.15) is 0 Å². The second kappa shape index (κ2) is 11.6. The SMILES string of the molecule is CCN(CC)S(=O)(=O)c1ccc(C(=O)N(CCN(C)C)c2nc3c(C)cc(C)cc3s2)cc1.Cl. The molecule has 34 heavy (non-hydrogen) atoms. The molecule has 1 heterocycles. The highest BCUT2D eigenvalue weighted by Gasteiger charge is 2.25. The van der Waals surface area contributed by atoms with Crippen LogP contribution in [0.4, 0.5) is 5.13 Å². The lowest BCUT2D eigenvalue weighted by Gasteiger charge is -2.22. The zero-order valence-electron chi connectivity index (χ0n) is 20.5.